The summed E-state index contributed by atoms with van der Waals surface area (Å²) in [7, 11) is 2.11. The number of hydrogen-bond acceptors (Lipinski definition) is 4. The zero-order chi connectivity index (χ0) is 22.3. The minimum atomic E-state index is -0.120. The maximum absolute atomic E-state index is 9.44. The Labute approximate surface area is 194 Å². The van der Waals surface area contributed by atoms with Gasteiger partial charge in [-0.15, -0.1) is 0 Å². The molecular weight excluding hydrogens is 428 g/mol. The van der Waals surface area contributed by atoms with E-state index in [4.69, 9.17) is 23.8 Å². The maximum atomic E-state index is 9.44. The van der Waals surface area contributed by atoms with E-state index in [1.54, 1.807) is 6.20 Å². The minimum absolute atomic E-state index is 0.0813. The summed E-state index contributed by atoms with van der Waals surface area (Å²) in [6.45, 7) is 7.32. The van der Waals surface area contributed by atoms with Gasteiger partial charge in [0.05, 0.1) is 23.3 Å². The van der Waals surface area contributed by atoms with Crippen molar-refractivity contribution in [2.24, 2.45) is 0 Å². The van der Waals surface area contributed by atoms with E-state index in [9.17, 15) is 5.11 Å². The summed E-state index contributed by atoms with van der Waals surface area (Å²) in [5.41, 5.74) is 5.40. The molecule has 4 rings (SSSR count). The van der Waals surface area contributed by atoms with Gasteiger partial charge in [-0.25, -0.2) is 0 Å². The Balaban J connectivity index is 1.84. The molecule has 31 heavy (non-hydrogen) atoms. The molecule has 1 fully saturated rings. The first kappa shape index (κ1) is 22.1. The van der Waals surface area contributed by atoms with Crippen LogP contribution in [0.15, 0.2) is 42.6 Å². The molecule has 5 nitrogen and oxygen atoms in total. The normalized spacial score (nSPS) is 22.3. The number of hydrogen-bond donors (Lipinski definition) is 2. The predicted molar refractivity (Wildman–Crippen MR) is 131 cm³/mol. The van der Waals surface area contributed by atoms with E-state index in [2.05, 4.69) is 66.1 Å². The minimum Gasteiger partial charge on any atom is -0.396 e. The largest absolute Gasteiger partial charge is 0.396 e. The number of thiocarbonyl (C=S) groups is 1. The standard InChI is InChI=1S/C24H29ClN4OS/c1-15-14-24(2,3)28(4)20-13-18(25)17(12-16(15)20)22-21(19-8-5-6-9-26-19)27-23(31)29(22)10-7-11-30/h5-6,8-9,12-14,21-22,30H,7,10-11H2,1-4H3,(H,27,31)/t21-,22+/m1/s1. The van der Waals surface area contributed by atoms with E-state index < -0.39 is 0 Å². The topological polar surface area (TPSA) is 51.6 Å². The molecule has 2 aliphatic rings. The first-order valence-electron chi connectivity index (χ1n) is 10.6. The number of benzene rings is 1. The number of aliphatic hydroxyl groups excluding tert-OH is 1. The van der Waals surface area contributed by atoms with Crippen LogP contribution in [0, 0.1) is 0 Å². The number of pyridine rings is 1. The van der Waals surface area contributed by atoms with E-state index in [0.717, 1.165) is 16.9 Å². The summed E-state index contributed by atoms with van der Waals surface area (Å²) in [6.07, 6.45) is 4.72. The second-order valence-electron chi connectivity index (χ2n) is 8.83. The van der Waals surface area contributed by atoms with E-state index in [-0.39, 0.29) is 24.2 Å². The van der Waals surface area contributed by atoms with Crippen LogP contribution in [0.5, 0.6) is 0 Å². The van der Waals surface area contributed by atoms with Crippen LogP contribution in [0.1, 0.15) is 56.1 Å². The van der Waals surface area contributed by atoms with Gasteiger partial charge in [-0.3, -0.25) is 4.98 Å². The molecule has 0 amide bonds. The summed E-state index contributed by atoms with van der Waals surface area (Å²) >= 11 is 12.6. The van der Waals surface area contributed by atoms with Gasteiger partial charge >= 0.3 is 0 Å². The van der Waals surface area contributed by atoms with Gasteiger partial charge < -0.3 is 20.2 Å². The predicted octanol–water partition coefficient (Wildman–Crippen LogP) is 4.72. The third kappa shape index (κ3) is 3.93. The van der Waals surface area contributed by atoms with Crippen molar-refractivity contribution in [3.8, 4) is 0 Å². The maximum Gasteiger partial charge on any atom is 0.170 e. The Kier molecular flexibility index (Phi) is 5.99. The summed E-state index contributed by atoms with van der Waals surface area (Å²) < 4.78 is 0. The van der Waals surface area contributed by atoms with Crippen LogP contribution >= 0.6 is 23.8 Å². The van der Waals surface area contributed by atoms with Crippen LogP contribution in [0.4, 0.5) is 5.69 Å². The lowest BCUT2D eigenvalue weighted by Gasteiger charge is -2.41. The smallest absolute Gasteiger partial charge is 0.170 e. The van der Waals surface area contributed by atoms with Crippen LogP contribution in [-0.2, 0) is 0 Å². The summed E-state index contributed by atoms with van der Waals surface area (Å²) in [4.78, 5) is 8.99. The first-order valence-corrected chi connectivity index (χ1v) is 11.4. The van der Waals surface area contributed by atoms with Crippen LogP contribution in [-0.4, -0.2) is 45.8 Å². The van der Waals surface area contributed by atoms with Gasteiger partial charge in [0.25, 0.3) is 0 Å². The zero-order valence-electron chi connectivity index (χ0n) is 18.4. The third-order valence-electron chi connectivity index (χ3n) is 6.41. The number of anilines is 1. The van der Waals surface area contributed by atoms with Crippen molar-refractivity contribution in [1.29, 1.82) is 0 Å². The average molecular weight is 457 g/mol. The molecule has 0 spiro atoms. The van der Waals surface area contributed by atoms with Crippen molar-refractivity contribution in [2.45, 2.75) is 44.8 Å². The Morgan fingerprint density at radius 2 is 2.06 bits per heavy atom. The van der Waals surface area contributed by atoms with E-state index in [1.165, 1.54) is 11.1 Å². The monoisotopic (exact) mass is 456 g/mol. The van der Waals surface area contributed by atoms with Gasteiger partial charge in [0.2, 0.25) is 0 Å². The van der Waals surface area contributed by atoms with Gasteiger partial charge in [-0.05, 0) is 74.8 Å². The number of aliphatic hydroxyl groups is 1. The fourth-order valence-corrected chi connectivity index (χ4v) is 5.24. The SMILES string of the molecule is CC1=CC(C)(C)N(C)c2cc(Cl)c([C@H]3[C@@H](c4ccccn4)NC(=S)N3CCCO)cc21. The number of aromatic nitrogens is 1. The quantitative estimate of drug-likeness (QED) is 0.635. The van der Waals surface area contributed by atoms with E-state index >= 15 is 0 Å². The molecule has 2 N–H and O–H groups in total. The van der Waals surface area contributed by atoms with Gasteiger partial charge in [-0.2, -0.15) is 0 Å². The number of allylic oxidation sites excluding steroid dienone is 1. The number of fused-ring (bicyclic) bond motifs is 1. The number of rotatable bonds is 5. The van der Waals surface area contributed by atoms with Crippen molar-refractivity contribution in [1.82, 2.24) is 15.2 Å². The second-order valence-corrected chi connectivity index (χ2v) is 9.62. The highest BCUT2D eigenvalue weighted by Gasteiger charge is 2.41. The van der Waals surface area contributed by atoms with Crippen molar-refractivity contribution in [3.63, 3.8) is 0 Å². The van der Waals surface area contributed by atoms with E-state index in [1.807, 2.05) is 18.2 Å². The molecule has 164 valence electrons. The van der Waals surface area contributed by atoms with Gasteiger partial charge in [0, 0.05) is 42.7 Å². The van der Waals surface area contributed by atoms with Gasteiger partial charge in [0.15, 0.2) is 5.11 Å². The Morgan fingerprint density at radius 1 is 1.29 bits per heavy atom. The van der Waals surface area contributed by atoms with Crippen molar-refractivity contribution < 1.29 is 5.11 Å². The van der Waals surface area contributed by atoms with Crippen molar-refractivity contribution >= 4 is 40.2 Å². The molecular formula is C24H29ClN4OS. The molecule has 2 aromatic rings. The zero-order valence-corrected chi connectivity index (χ0v) is 20.0. The van der Waals surface area contributed by atoms with Crippen LogP contribution in [0.25, 0.3) is 5.57 Å². The number of halogens is 1. The Hall–Kier alpha value is -2.15. The highest BCUT2D eigenvalue weighted by atomic mass is 35.5. The summed E-state index contributed by atoms with van der Waals surface area (Å²) in [5.74, 6) is 0. The fourth-order valence-electron chi connectivity index (χ4n) is 4.64. The molecule has 0 unspecified atom stereocenters. The molecule has 7 heteroatoms. The Morgan fingerprint density at radius 3 is 2.74 bits per heavy atom. The number of nitrogens with one attached hydrogen (secondary N) is 1. The molecule has 1 saturated heterocycles. The number of likely N-dealkylation sites (N-methyl/N-ethyl adjacent to an activating group) is 1. The molecule has 0 radical (unpaired) electrons. The Bertz CT molecular complexity index is 1020. The average Bonchev–Trinajstić information content (AvgIpc) is 3.06. The first-order chi connectivity index (χ1) is 14.7. The summed E-state index contributed by atoms with van der Waals surface area (Å²) in [5, 5.41) is 14.3. The highest BCUT2D eigenvalue weighted by Crippen LogP contribution is 2.46. The van der Waals surface area contributed by atoms with Crippen molar-refractivity contribution in [2.75, 3.05) is 25.1 Å². The van der Waals surface area contributed by atoms with Crippen LogP contribution < -0.4 is 10.2 Å². The molecule has 0 bridgehead atoms. The highest BCUT2D eigenvalue weighted by molar-refractivity contribution is 7.80. The lowest BCUT2D eigenvalue weighted by Crippen LogP contribution is -2.42. The van der Waals surface area contributed by atoms with Crippen LogP contribution in [0.2, 0.25) is 5.02 Å². The molecule has 2 atom stereocenters. The van der Waals surface area contributed by atoms with Crippen molar-refractivity contribution in [3.05, 3.63) is 64.4 Å². The number of nitrogens with zero attached hydrogens (tertiary/aromatic N) is 3. The molecule has 3 heterocycles. The van der Waals surface area contributed by atoms with Gasteiger partial charge in [0.1, 0.15) is 0 Å². The van der Waals surface area contributed by atoms with Gasteiger partial charge in [-0.1, -0.05) is 23.7 Å². The van der Waals surface area contributed by atoms with Crippen LogP contribution in [0.3, 0.4) is 0 Å². The third-order valence-corrected chi connectivity index (χ3v) is 7.09. The fraction of sp³-hybridized carbons (Fsp3) is 0.417. The molecule has 1 aromatic heterocycles. The molecule has 0 aliphatic carbocycles. The molecule has 1 aromatic carbocycles. The summed E-state index contributed by atoms with van der Waals surface area (Å²) in [6, 6.07) is 9.95. The van der Waals surface area contributed by atoms with E-state index in [0.29, 0.717) is 23.1 Å². The lowest BCUT2D eigenvalue weighted by atomic mass is 9.86. The molecule has 0 saturated carbocycles. The second kappa shape index (κ2) is 8.41. The lowest BCUT2D eigenvalue weighted by molar-refractivity contribution is 0.247. The molecule has 2 aliphatic heterocycles.